The number of carbonyl (C=O) groups is 1. The number of carbonyl (C=O) groups excluding carboxylic acids is 1. The number of rotatable bonds is 4. The molecule has 5 heteroatoms. The summed E-state index contributed by atoms with van der Waals surface area (Å²) in [5.41, 5.74) is 0.936. The standard InChI is InChI=1S/C16H20ClN3O/c1-16(2,20(3)4)10-18-15(21)14-9-12(17)11-7-5-6-8-13(11)19-14/h5-9H,10H2,1-4H3,(H,18,21). The van der Waals surface area contributed by atoms with Gasteiger partial charge in [0.2, 0.25) is 0 Å². The van der Waals surface area contributed by atoms with Crippen molar-refractivity contribution in [1.29, 1.82) is 0 Å². The molecular weight excluding hydrogens is 286 g/mol. The van der Waals surface area contributed by atoms with Crippen LogP contribution in [0.15, 0.2) is 30.3 Å². The smallest absolute Gasteiger partial charge is 0.270 e. The lowest BCUT2D eigenvalue weighted by molar-refractivity contribution is 0.0915. The van der Waals surface area contributed by atoms with Gasteiger partial charge in [0.05, 0.1) is 10.5 Å². The zero-order valence-electron chi connectivity index (χ0n) is 12.8. The number of hydrogen-bond acceptors (Lipinski definition) is 3. The Kier molecular flexibility index (Phi) is 4.49. The second-order valence-corrected chi connectivity index (χ2v) is 6.30. The molecule has 1 N–H and O–H groups in total. The summed E-state index contributed by atoms with van der Waals surface area (Å²) in [6.07, 6.45) is 0. The molecule has 4 nitrogen and oxygen atoms in total. The molecule has 0 aliphatic heterocycles. The molecular formula is C16H20ClN3O. The molecule has 0 unspecified atom stereocenters. The summed E-state index contributed by atoms with van der Waals surface area (Å²) in [5, 5.41) is 4.30. The molecule has 0 aliphatic carbocycles. The van der Waals surface area contributed by atoms with Crippen LogP contribution in [-0.2, 0) is 0 Å². The van der Waals surface area contributed by atoms with E-state index in [0.717, 1.165) is 10.9 Å². The highest BCUT2D eigenvalue weighted by atomic mass is 35.5. The number of para-hydroxylation sites is 1. The molecule has 2 rings (SSSR count). The topological polar surface area (TPSA) is 45.2 Å². The highest BCUT2D eigenvalue weighted by Gasteiger charge is 2.22. The molecule has 0 spiro atoms. The molecule has 21 heavy (non-hydrogen) atoms. The maximum Gasteiger partial charge on any atom is 0.270 e. The van der Waals surface area contributed by atoms with Crippen molar-refractivity contribution in [2.45, 2.75) is 19.4 Å². The van der Waals surface area contributed by atoms with Gasteiger partial charge in [0.15, 0.2) is 0 Å². The van der Waals surface area contributed by atoms with Crippen molar-refractivity contribution in [2.24, 2.45) is 0 Å². The zero-order chi connectivity index (χ0) is 15.6. The average molecular weight is 306 g/mol. The Hall–Kier alpha value is -1.65. The van der Waals surface area contributed by atoms with E-state index in [9.17, 15) is 4.79 Å². The van der Waals surface area contributed by atoms with Gasteiger partial charge in [0, 0.05) is 17.5 Å². The number of nitrogens with one attached hydrogen (secondary N) is 1. The van der Waals surface area contributed by atoms with E-state index >= 15 is 0 Å². The normalized spacial score (nSPS) is 11.9. The largest absolute Gasteiger partial charge is 0.349 e. The molecule has 1 heterocycles. The lowest BCUT2D eigenvalue weighted by Crippen LogP contribution is -2.48. The van der Waals surface area contributed by atoms with E-state index in [1.54, 1.807) is 6.07 Å². The maximum atomic E-state index is 12.3. The van der Waals surface area contributed by atoms with Crippen LogP contribution in [0.3, 0.4) is 0 Å². The van der Waals surface area contributed by atoms with Crippen LogP contribution in [-0.4, -0.2) is 42.0 Å². The highest BCUT2D eigenvalue weighted by molar-refractivity contribution is 6.35. The number of aromatic nitrogens is 1. The van der Waals surface area contributed by atoms with Gasteiger partial charge in [0.1, 0.15) is 5.69 Å². The predicted octanol–water partition coefficient (Wildman–Crippen LogP) is 2.96. The van der Waals surface area contributed by atoms with E-state index in [0.29, 0.717) is 17.3 Å². The van der Waals surface area contributed by atoms with Crippen LogP contribution in [0, 0.1) is 0 Å². The third kappa shape index (κ3) is 3.52. The van der Waals surface area contributed by atoms with Crippen LogP contribution in [0.4, 0.5) is 0 Å². The van der Waals surface area contributed by atoms with Gasteiger partial charge < -0.3 is 10.2 Å². The van der Waals surface area contributed by atoms with Gasteiger partial charge in [-0.15, -0.1) is 0 Å². The average Bonchev–Trinajstić information content (AvgIpc) is 2.44. The molecule has 0 aliphatic rings. The molecule has 2 aromatic rings. The van der Waals surface area contributed by atoms with Crippen LogP contribution in [0.25, 0.3) is 10.9 Å². The summed E-state index contributed by atoms with van der Waals surface area (Å²) in [6, 6.07) is 9.13. The van der Waals surface area contributed by atoms with Gasteiger partial charge in [-0.2, -0.15) is 0 Å². The van der Waals surface area contributed by atoms with Crippen LogP contribution < -0.4 is 5.32 Å². The number of halogens is 1. The van der Waals surface area contributed by atoms with E-state index < -0.39 is 0 Å². The summed E-state index contributed by atoms with van der Waals surface area (Å²) in [7, 11) is 3.97. The maximum absolute atomic E-state index is 12.3. The van der Waals surface area contributed by atoms with E-state index in [4.69, 9.17) is 11.6 Å². The summed E-state index contributed by atoms with van der Waals surface area (Å²) in [5.74, 6) is -0.211. The predicted molar refractivity (Wildman–Crippen MR) is 86.9 cm³/mol. The number of amides is 1. The Morgan fingerprint density at radius 2 is 2.00 bits per heavy atom. The lowest BCUT2D eigenvalue weighted by Gasteiger charge is -2.32. The van der Waals surface area contributed by atoms with E-state index in [1.165, 1.54) is 0 Å². The lowest BCUT2D eigenvalue weighted by atomic mass is 10.0. The first-order valence-electron chi connectivity index (χ1n) is 6.82. The third-order valence-corrected chi connectivity index (χ3v) is 4.10. The van der Waals surface area contributed by atoms with Gasteiger partial charge in [-0.1, -0.05) is 29.8 Å². The fraction of sp³-hybridized carbons (Fsp3) is 0.375. The molecule has 1 amide bonds. The highest BCUT2D eigenvalue weighted by Crippen LogP contribution is 2.22. The van der Waals surface area contributed by atoms with Crippen LogP contribution in [0.1, 0.15) is 24.3 Å². The molecule has 1 aromatic heterocycles. The Balaban J connectivity index is 2.20. The molecule has 0 saturated carbocycles. The van der Waals surface area contributed by atoms with Gasteiger partial charge >= 0.3 is 0 Å². The first kappa shape index (κ1) is 15.7. The Labute approximate surface area is 130 Å². The van der Waals surface area contributed by atoms with E-state index in [2.05, 4.69) is 29.0 Å². The van der Waals surface area contributed by atoms with Crippen molar-refractivity contribution in [3.8, 4) is 0 Å². The molecule has 0 bridgehead atoms. The van der Waals surface area contributed by atoms with Crippen molar-refractivity contribution in [1.82, 2.24) is 15.2 Å². The molecule has 1 aromatic carbocycles. The fourth-order valence-electron chi connectivity index (χ4n) is 1.79. The van der Waals surface area contributed by atoms with Crippen molar-refractivity contribution >= 4 is 28.4 Å². The Morgan fingerprint density at radius 3 is 2.67 bits per heavy atom. The number of benzene rings is 1. The number of hydrogen-bond donors (Lipinski definition) is 1. The molecule has 0 saturated heterocycles. The first-order chi connectivity index (χ1) is 9.81. The SMILES string of the molecule is CN(C)C(C)(C)CNC(=O)c1cc(Cl)c2ccccc2n1. The van der Waals surface area contributed by atoms with Crippen LogP contribution in [0.5, 0.6) is 0 Å². The van der Waals surface area contributed by atoms with Crippen LogP contribution in [0.2, 0.25) is 5.02 Å². The minimum absolute atomic E-state index is 0.129. The molecule has 0 radical (unpaired) electrons. The number of pyridine rings is 1. The van der Waals surface area contributed by atoms with Gasteiger partial charge in [0.25, 0.3) is 5.91 Å². The number of likely N-dealkylation sites (N-methyl/N-ethyl adjacent to an activating group) is 1. The fourth-order valence-corrected chi connectivity index (χ4v) is 2.06. The van der Waals surface area contributed by atoms with Crippen molar-refractivity contribution in [3.05, 3.63) is 41.0 Å². The van der Waals surface area contributed by atoms with Crippen molar-refractivity contribution in [2.75, 3.05) is 20.6 Å². The number of fused-ring (bicyclic) bond motifs is 1. The third-order valence-electron chi connectivity index (χ3n) is 3.79. The van der Waals surface area contributed by atoms with Crippen LogP contribution >= 0.6 is 11.6 Å². The monoisotopic (exact) mass is 305 g/mol. The first-order valence-corrected chi connectivity index (χ1v) is 7.20. The van der Waals surface area contributed by atoms with E-state index in [1.807, 2.05) is 38.4 Å². The quantitative estimate of drug-likeness (QED) is 0.944. The molecule has 112 valence electrons. The number of nitrogens with zero attached hydrogens (tertiary/aromatic N) is 2. The van der Waals surface area contributed by atoms with Gasteiger partial charge in [-0.3, -0.25) is 4.79 Å². The second kappa shape index (κ2) is 6.00. The summed E-state index contributed by atoms with van der Waals surface area (Å²) in [6.45, 7) is 4.66. The van der Waals surface area contributed by atoms with Crippen molar-refractivity contribution < 1.29 is 4.79 Å². The van der Waals surface area contributed by atoms with Crippen molar-refractivity contribution in [3.63, 3.8) is 0 Å². The minimum Gasteiger partial charge on any atom is -0.349 e. The Bertz CT molecular complexity index is 668. The summed E-state index contributed by atoms with van der Waals surface area (Å²) in [4.78, 5) is 18.7. The molecule has 0 fully saturated rings. The minimum atomic E-state index is -0.211. The van der Waals surface area contributed by atoms with E-state index in [-0.39, 0.29) is 11.4 Å². The van der Waals surface area contributed by atoms with Gasteiger partial charge in [-0.05, 0) is 40.1 Å². The summed E-state index contributed by atoms with van der Waals surface area (Å²) < 4.78 is 0. The zero-order valence-corrected chi connectivity index (χ0v) is 13.5. The summed E-state index contributed by atoms with van der Waals surface area (Å²) >= 11 is 6.22. The molecule has 0 atom stereocenters. The Morgan fingerprint density at radius 1 is 1.33 bits per heavy atom. The van der Waals surface area contributed by atoms with Gasteiger partial charge in [-0.25, -0.2) is 4.98 Å². The second-order valence-electron chi connectivity index (χ2n) is 5.90.